The highest BCUT2D eigenvalue weighted by atomic mass is 16.5. The molecule has 0 saturated carbocycles. The minimum absolute atomic E-state index is 0.0378. The number of rotatable bonds is 5. The Bertz CT molecular complexity index is 632. The van der Waals surface area contributed by atoms with Crippen LogP contribution in [0.5, 0.6) is 5.75 Å². The first-order valence-corrected chi connectivity index (χ1v) is 6.52. The van der Waals surface area contributed by atoms with Crippen molar-refractivity contribution in [1.82, 2.24) is 10.2 Å². The van der Waals surface area contributed by atoms with Crippen LogP contribution in [0.25, 0.3) is 11.3 Å². The molecule has 106 valence electrons. The third kappa shape index (κ3) is 2.82. The summed E-state index contributed by atoms with van der Waals surface area (Å²) in [5.41, 5.74) is 4.10. The maximum atomic E-state index is 10.9. The summed E-state index contributed by atoms with van der Waals surface area (Å²) in [6.07, 6.45) is -0.0378. The van der Waals surface area contributed by atoms with Gasteiger partial charge in [0.1, 0.15) is 5.75 Å². The van der Waals surface area contributed by atoms with E-state index in [-0.39, 0.29) is 6.42 Å². The molecule has 0 spiro atoms. The summed E-state index contributed by atoms with van der Waals surface area (Å²) in [6.45, 7) is 6.35. The maximum absolute atomic E-state index is 10.9. The quantitative estimate of drug-likeness (QED) is 0.879. The Morgan fingerprint density at radius 1 is 1.40 bits per heavy atom. The molecule has 1 aromatic carbocycles. The first-order chi connectivity index (χ1) is 9.52. The summed E-state index contributed by atoms with van der Waals surface area (Å²) < 4.78 is 5.51. The number of carboxylic acid groups (broad SMARTS) is 1. The number of ether oxygens (including phenoxy) is 1. The van der Waals surface area contributed by atoms with Crippen molar-refractivity contribution in [2.75, 3.05) is 6.61 Å². The van der Waals surface area contributed by atoms with Gasteiger partial charge in [0.05, 0.1) is 18.7 Å². The van der Waals surface area contributed by atoms with Crippen molar-refractivity contribution in [3.63, 3.8) is 0 Å². The molecule has 1 aromatic heterocycles. The van der Waals surface area contributed by atoms with Gasteiger partial charge in [0.2, 0.25) is 0 Å². The molecule has 0 atom stereocenters. The van der Waals surface area contributed by atoms with Gasteiger partial charge in [-0.25, -0.2) is 0 Å². The largest absolute Gasteiger partial charge is 0.494 e. The average Bonchev–Trinajstić information content (AvgIpc) is 2.73. The molecule has 0 amide bonds. The van der Waals surface area contributed by atoms with Crippen LogP contribution in [0.3, 0.4) is 0 Å². The van der Waals surface area contributed by atoms with Crippen LogP contribution < -0.4 is 4.74 Å². The number of H-pyrrole nitrogens is 1. The second-order valence-electron chi connectivity index (χ2n) is 4.66. The van der Waals surface area contributed by atoms with E-state index in [1.165, 1.54) is 0 Å². The zero-order chi connectivity index (χ0) is 14.7. The van der Waals surface area contributed by atoms with Crippen molar-refractivity contribution in [2.45, 2.75) is 27.2 Å². The summed E-state index contributed by atoms with van der Waals surface area (Å²) in [4.78, 5) is 10.9. The lowest BCUT2D eigenvalue weighted by atomic mass is 10.0. The molecule has 0 radical (unpaired) electrons. The number of nitrogens with zero attached hydrogens (tertiary/aromatic N) is 1. The van der Waals surface area contributed by atoms with E-state index in [0.29, 0.717) is 12.3 Å². The van der Waals surface area contributed by atoms with Crippen molar-refractivity contribution >= 4 is 5.97 Å². The number of aromatic amines is 1. The molecule has 0 fully saturated rings. The summed E-state index contributed by atoms with van der Waals surface area (Å²) in [6, 6.07) is 5.76. The molecule has 0 aliphatic carbocycles. The smallest absolute Gasteiger partial charge is 0.307 e. The minimum Gasteiger partial charge on any atom is -0.494 e. The van der Waals surface area contributed by atoms with Gasteiger partial charge >= 0.3 is 5.97 Å². The molecule has 5 nitrogen and oxygen atoms in total. The van der Waals surface area contributed by atoms with Crippen LogP contribution >= 0.6 is 0 Å². The molecule has 20 heavy (non-hydrogen) atoms. The van der Waals surface area contributed by atoms with Gasteiger partial charge in [-0.2, -0.15) is 5.10 Å². The van der Waals surface area contributed by atoms with E-state index >= 15 is 0 Å². The van der Waals surface area contributed by atoms with E-state index in [0.717, 1.165) is 28.1 Å². The van der Waals surface area contributed by atoms with Crippen LogP contribution in [0.4, 0.5) is 0 Å². The number of carbonyl (C=O) groups is 1. The van der Waals surface area contributed by atoms with Gasteiger partial charge in [0, 0.05) is 16.8 Å². The summed E-state index contributed by atoms with van der Waals surface area (Å²) in [7, 11) is 0. The Morgan fingerprint density at radius 2 is 2.15 bits per heavy atom. The predicted molar refractivity (Wildman–Crippen MR) is 76.0 cm³/mol. The van der Waals surface area contributed by atoms with Gasteiger partial charge in [-0.3, -0.25) is 9.89 Å². The predicted octanol–water partition coefficient (Wildman–Crippen LogP) is 2.72. The SMILES string of the molecule is CCOc1ccc(-c2n[nH]c(C)c2CC(=O)O)cc1C. The zero-order valence-corrected chi connectivity index (χ0v) is 11.9. The Morgan fingerprint density at radius 3 is 2.75 bits per heavy atom. The Kier molecular flexibility index (Phi) is 4.08. The average molecular weight is 274 g/mol. The maximum Gasteiger partial charge on any atom is 0.307 e. The number of nitrogens with one attached hydrogen (secondary N) is 1. The van der Waals surface area contributed by atoms with Crippen LogP contribution in [0, 0.1) is 13.8 Å². The molecule has 2 N–H and O–H groups in total. The van der Waals surface area contributed by atoms with E-state index in [2.05, 4.69) is 10.2 Å². The fourth-order valence-corrected chi connectivity index (χ4v) is 2.17. The second-order valence-corrected chi connectivity index (χ2v) is 4.66. The van der Waals surface area contributed by atoms with E-state index in [9.17, 15) is 4.79 Å². The van der Waals surface area contributed by atoms with E-state index in [1.54, 1.807) is 0 Å². The van der Waals surface area contributed by atoms with Gasteiger partial charge in [0.25, 0.3) is 0 Å². The number of aromatic nitrogens is 2. The van der Waals surface area contributed by atoms with Crippen molar-refractivity contribution < 1.29 is 14.6 Å². The lowest BCUT2D eigenvalue weighted by Crippen LogP contribution is -2.02. The van der Waals surface area contributed by atoms with Crippen LogP contribution in [-0.4, -0.2) is 27.9 Å². The zero-order valence-electron chi connectivity index (χ0n) is 11.9. The Labute approximate surface area is 117 Å². The highest BCUT2D eigenvalue weighted by molar-refractivity contribution is 5.76. The molecular formula is C15H18N2O3. The number of hydrogen-bond donors (Lipinski definition) is 2. The van der Waals surface area contributed by atoms with Gasteiger partial charge in [-0.15, -0.1) is 0 Å². The molecule has 5 heteroatoms. The van der Waals surface area contributed by atoms with Crippen molar-refractivity contribution in [1.29, 1.82) is 0 Å². The van der Waals surface area contributed by atoms with Crippen LogP contribution in [-0.2, 0) is 11.2 Å². The van der Waals surface area contributed by atoms with E-state index in [4.69, 9.17) is 9.84 Å². The van der Waals surface area contributed by atoms with Crippen molar-refractivity contribution in [3.05, 3.63) is 35.0 Å². The molecule has 2 aromatic rings. The molecule has 2 rings (SSSR count). The number of benzene rings is 1. The number of aliphatic carboxylic acids is 1. The second kappa shape index (κ2) is 5.77. The van der Waals surface area contributed by atoms with Gasteiger partial charge in [-0.1, -0.05) is 0 Å². The first kappa shape index (κ1) is 14.1. The fraction of sp³-hybridized carbons (Fsp3) is 0.333. The summed E-state index contributed by atoms with van der Waals surface area (Å²) in [5.74, 6) is -0.0262. The van der Waals surface area contributed by atoms with Gasteiger partial charge in [-0.05, 0) is 44.5 Å². The Balaban J connectivity index is 2.41. The van der Waals surface area contributed by atoms with E-state index in [1.807, 2.05) is 39.0 Å². The summed E-state index contributed by atoms with van der Waals surface area (Å²) in [5, 5.41) is 16.1. The number of hydrogen-bond acceptors (Lipinski definition) is 3. The fourth-order valence-electron chi connectivity index (χ4n) is 2.17. The lowest BCUT2D eigenvalue weighted by Gasteiger charge is -2.09. The first-order valence-electron chi connectivity index (χ1n) is 6.52. The molecule has 0 aliphatic heterocycles. The van der Waals surface area contributed by atoms with Gasteiger partial charge < -0.3 is 9.84 Å². The summed E-state index contributed by atoms with van der Waals surface area (Å²) >= 11 is 0. The lowest BCUT2D eigenvalue weighted by molar-refractivity contribution is -0.136. The van der Waals surface area contributed by atoms with Crippen LogP contribution in [0.15, 0.2) is 18.2 Å². The normalized spacial score (nSPS) is 10.6. The number of aryl methyl sites for hydroxylation is 2. The third-order valence-corrected chi connectivity index (χ3v) is 3.15. The topological polar surface area (TPSA) is 75.2 Å². The molecule has 1 heterocycles. The molecule has 0 saturated heterocycles. The minimum atomic E-state index is -0.863. The van der Waals surface area contributed by atoms with Crippen molar-refractivity contribution in [2.24, 2.45) is 0 Å². The van der Waals surface area contributed by atoms with Crippen molar-refractivity contribution in [3.8, 4) is 17.0 Å². The molecule has 0 aliphatic rings. The Hall–Kier alpha value is -2.30. The molecular weight excluding hydrogens is 256 g/mol. The number of carboxylic acids is 1. The third-order valence-electron chi connectivity index (χ3n) is 3.15. The monoisotopic (exact) mass is 274 g/mol. The van der Waals surface area contributed by atoms with E-state index < -0.39 is 5.97 Å². The standard InChI is InChI=1S/C15H18N2O3/c1-4-20-13-6-5-11(7-9(13)2)15-12(8-14(18)19)10(3)16-17-15/h5-7H,4,8H2,1-3H3,(H,16,17)(H,18,19). The van der Waals surface area contributed by atoms with Crippen LogP contribution in [0.2, 0.25) is 0 Å². The van der Waals surface area contributed by atoms with Crippen LogP contribution in [0.1, 0.15) is 23.7 Å². The highest BCUT2D eigenvalue weighted by Gasteiger charge is 2.15. The van der Waals surface area contributed by atoms with Gasteiger partial charge in [0.15, 0.2) is 0 Å². The highest BCUT2D eigenvalue weighted by Crippen LogP contribution is 2.28. The molecule has 0 bridgehead atoms. The molecule has 0 unspecified atom stereocenters.